The van der Waals surface area contributed by atoms with Crippen molar-refractivity contribution in [2.75, 3.05) is 33.4 Å². The molecule has 0 bridgehead atoms. The summed E-state index contributed by atoms with van der Waals surface area (Å²) >= 11 is 0. The van der Waals surface area contributed by atoms with Crippen molar-refractivity contribution in [1.29, 1.82) is 0 Å². The second-order valence-corrected chi connectivity index (χ2v) is 7.86. The number of benzene rings is 3. The third kappa shape index (κ3) is 5.85. The predicted molar refractivity (Wildman–Crippen MR) is 120 cm³/mol. The molecule has 0 aromatic heterocycles. The largest absolute Gasteiger partial charge is 0.486 e. The summed E-state index contributed by atoms with van der Waals surface area (Å²) in [6.07, 6.45) is -0.808. The van der Waals surface area contributed by atoms with Crippen LogP contribution in [0.5, 0.6) is 11.5 Å². The average molecular weight is 420 g/mol. The van der Waals surface area contributed by atoms with E-state index in [1.807, 2.05) is 61.6 Å². The molecule has 5 heteroatoms. The Labute approximate surface area is 183 Å². The van der Waals surface area contributed by atoms with Gasteiger partial charge in [-0.05, 0) is 35.9 Å². The minimum atomic E-state index is -0.600. The maximum atomic E-state index is 10.6. The molecule has 0 unspecified atom stereocenters. The molecule has 162 valence electrons. The first kappa shape index (κ1) is 21.4. The monoisotopic (exact) mass is 419 g/mol. The Morgan fingerprint density at radius 3 is 2.13 bits per heavy atom. The van der Waals surface area contributed by atoms with E-state index in [2.05, 4.69) is 29.2 Å². The molecule has 0 saturated carbocycles. The summed E-state index contributed by atoms with van der Waals surface area (Å²) in [6, 6.07) is 26.2. The van der Waals surface area contributed by atoms with Crippen LogP contribution in [0.3, 0.4) is 0 Å². The van der Waals surface area contributed by atoms with Crippen molar-refractivity contribution in [2.45, 2.75) is 18.8 Å². The smallest absolute Gasteiger partial charge is 0.161 e. The lowest BCUT2D eigenvalue weighted by molar-refractivity contribution is -0.00626. The number of aliphatic hydroxyl groups is 1. The Kier molecular flexibility index (Phi) is 7.20. The summed E-state index contributed by atoms with van der Waals surface area (Å²) in [7, 11) is 1.99. The summed E-state index contributed by atoms with van der Waals surface area (Å²) in [5, 5.41) is 10.6. The van der Waals surface area contributed by atoms with Crippen LogP contribution in [0.25, 0.3) is 0 Å². The van der Waals surface area contributed by atoms with Gasteiger partial charge in [-0.25, -0.2) is 0 Å². The van der Waals surface area contributed by atoms with Crippen molar-refractivity contribution in [2.24, 2.45) is 0 Å². The van der Waals surface area contributed by atoms with Crippen molar-refractivity contribution in [3.05, 3.63) is 95.6 Å². The molecule has 4 rings (SSSR count). The molecule has 0 saturated heterocycles. The number of ether oxygens (including phenoxy) is 3. The van der Waals surface area contributed by atoms with Gasteiger partial charge in [0.25, 0.3) is 0 Å². The molecule has 1 atom stereocenters. The second kappa shape index (κ2) is 10.4. The van der Waals surface area contributed by atoms with Gasteiger partial charge in [-0.15, -0.1) is 0 Å². The Morgan fingerprint density at radius 1 is 0.871 bits per heavy atom. The average Bonchev–Trinajstić information content (AvgIpc) is 2.80. The van der Waals surface area contributed by atoms with Gasteiger partial charge >= 0.3 is 0 Å². The molecule has 0 amide bonds. The van der Waals surface area contributed by atoms with Crippen molar-refractivity contribution in [3.8, 4) is 11.5 Å². The first-order valence-corrected chi connectivity index (χ1v) is 10.7. The van der Waals surface area contributed by atoms with Crippen LogP contribution in [-0.4, -0.2) is 49.5 Å². The minimum Gasteiger partial charge on any atom is -0.486 e. The van der Waals surface area contributed by atoms with Gasteiger partial charge in [0.1, 0.15) is 19.3 Å². The van der Waals surface area contributed by atoms with Crippen LogP contribution in [-0.2, 0) is 11.3 Å². The normalized spacial score (nSPS) is 14.1. The van der Waals surface area contributed by atoms with Crippen molar-refractivity contribution in [1.82, 2.24) is 4.90 Å². The molecule has 1 aliphatic heterocycles. The molecule has 0 aliphatic carbocycles. The SMILES string of the molecule is CN(Cc1ccc2c(c1)OCCO2)C[C@@H](O)COC(c1ccccc1)c1ccccc1. The van der Waals surface area contributed by atoms with Gasteiger partial charge in [-0.2, -0.15) is 0 Å². The zero-order valence-corrected chi connectivity index (χ0v) is 17.8. The maximum Gasteiger partial charge on any atom is 0.161 e. The van der Waals surface area contributed by atoms with Crippen LogP contribution >= 0.6 is 0 Å². The molecule has 31 heavy (non-hydrogen) atoms. The lowest BCUT2D eigenvalue weighted by atomic mass is 10.0. The van der Waals surface area contributed by atoms with Gasteiger partial charge in [-0.1, -0.05) is 66.7 Å². The molecule has 0 spiro atoms. The third-order valence-electron chi connectivity index (χ3n) is 5.24. The zero-order valence-electron chi connectivity index (χ0n) is 17.8. The van der Waals surface area contributed by atoms with Crippen LogP contribution in [0, 0.1) is 0 Å². The number of hydrogen-bond acceptors (Lipinski definition) is 5. The molecule has 5 nitrogen and oxygen atoms in total. The fraction of sp³-hybridized carbons (Fsp3) is 0.308. The number of nitrogens with zero attached hydrogens (tertiary/aromatic N) is 1. The molecule has 3 aromatic carbocycles. The van der Waals surface area contributed by atoms with Gasteiger partial charge in [0.05, 0.1) is 12.7 Å². The molecule has 1 N–H and O–H groups in total. The van der Waals surface area contributed by atoms with E-state index in [1.165, 1.54) is 0 Å². The van der Waals surface area contributed by atoms with E-state index in [1.54, 1.807) is 0 Å². The molecule has 0 fully saturated rings. The molecule has 3 aromatic rings. The fourth-order valence-corrected chi connectivity index (χ4v) is 3.82. The van der Waals surface area contributed by atoms with Gasteiger partial charge in [0, 0.05) is 13.1 Å². The first-order valence-electron chi connectivity index (χ1n) is 10.7. The standard InChI is InChI=1S/C26H29NO4/c1-27(17-20-12-13-24-25(16-20)30-15-14-29-24)18-23(28)19-31-26(21-8-4-2-5-9-21)22-10-6-3-7-11-22/h2-13,16,23,26,28H,14-15,17-19H2,1H3/t23-/m1/s1. The van der Waals surface area contributed by atoms with E-state index < -0.39 is 6.10 Å². The van der Waals surface area contributed by atoms with Gasteiger partial charge in [-0.3, -0.25) is 4.90 Å². The lowest BCUT2D eigenvalue weighted by Gasteiger charge is -2.24. The quantitative estimate of drug-likeness (QED) is 0.567. The molecular formula is C26H29NO4. The van der Waals surface area contributed by atoms with E-state index >= 15 is 0 Å². The van der Waals surface area contributed by atoms with Gasteiger partial charge in [0.15, 0.2) is 11.5 Å². The Hall–Kier alpha value is -2.86. The second-order valence-electron chi connectivity index (χ2n) is 7.86. The van der Waals surface area contributed by atoms with Gasteiger partial charge in [0.2, 0.25) is 0 Å². The number of hydrogen-bond donors (Lipinski definition) is 1. The number of likely N-dealkylation sites (N-methyl/N-ethyl adjacent to an activating group) is 1. The maximum absolute atomic E-state index is 10.6. The molecule has 1 aliphatic rings. The Balaban J connectivity index is 1.33. The highest BCUT2D eigenvalue weighted by molar-refractivity contribution is 5.43. The lowest BCUT2D eigenvalue weighted by Crippen LogP contribution is -2.32. The molecule has 0 radical (unpaired) electrons. The number of fused-ring (bicyclic) bond motifs is 1. The predicted octanol–water partition coefficient (Wildman–Crippen LogP) is 4.06. The summed E-state index contributed by atoms with van der Waals surface area (Å²) in [4.78, 5) is 2.08. The van der Waals surface area contributed by atoms with E-state index in [9.17, 15) is 5.11 Å². The van der Waals surface area contributed by atoms with Crippen molar-refractivity contribution < 1.29 is 19.3 Å². The fourth-order valence-electron chi connectivity index (χ4n) is 3.82. The zero-order chi connectivity index (χ0) is 21.5. The van der Waals surface area contributed by atoms with Crippen LogP contribution in [0.2, 0.25) is 0 Å². The van der Waals surface area contributed by atoms with Crippen LogP contribution < -0.4 is 9.47 Å². The van der Waals surface area contributed by atoms with Crippen LogP contribution in [0.4, 0.5) is 0 Å². The van der Waals surface area contributed by atoms with Crippen LogP contribution in [0.15, 0.2) is 78.9 Å². The van der Waals surface area contributed by atoms with Crippen LogP contribution in [0.1, 0.15) is 22.8 Å². The highest BCUT2D eigenvalue weighted by Gasteiger charge is 2.18. The first-order chi connectivity index (χ1) is 15.2. The third-order valence-corrected chi connectivity index (χ3v) is 5.24. The number of aliphatic hydroxyl groups excluding tert-OH is 1. The van der Waals surface area contributed by atoms with Crippen molar-refractivity contribution in [3.63, 3.8) is 0 Å². The van der Waals surface area contributed by atoms with E-state index in [-0.39, 0.29) is 12.7 Å². The van der Waals surface area contributed by atoms with E-state index in [4.69, 9.17) is 14.2 Å². The topological polar surface area (TPSA) is 51.2 Å². The van der Waals surface area contributed by atoms with Crippen molar-refractivity contribution >= 4 is 0 Å². The van der Waals surface area contributed by atoms with Gasteiger partial charge < -0.3 is 19.3 Å². The highest BCUT2D eigenvalue weighted by Crippen LogP contribution is 2.31. The summed E-state index contributed by atoms with van der Waals surface area (Å²) in [5.41, 5.74) is 3.27. The Bertz CT molecular complexity index is 909. The minimum absolute atomic E-state index is 0.208. The van der Waals surface area contributed by atoms with E-state index in [0.717, 1.165) is 28.2 Å². The van der Waals surface area contributed by atoms with E-state index in [0.29, 0.717) is 26.3 Å². The molecular weight excluding hydrogens is 390 g/mol. The summed E-state index contributed by atoms with van der Waals surface area (Å²) < 4.78 is 17.4. The molecule has 1 heterocycles. The highest BCUT2D eigenvalue weighted by atomic mass is 16.6. The summed E-state index contributed by atoms with van der Waals surface area (Å²) in [6.45, 7) is 2.62. The number of rotatable bonds is 9. The summed E-state index contributed by atoms with van der Waals surface area (Å²) in [5.74, 6) is 1.58. The Morgan fingerprint density at radius 2 is 1.48 bits per heavy atom.